The van der Waals surface area contributed by atoms with Crippen LogP contribution in [-0.4, -0.2) is 18.1 Å². The molecule has 0 aromatic carbocycles. The van der Waals surface area contributed by atoms with Gasteiger partial charge < -0.3 is 10.1 Å². The maximum Gasteiger partial charge on any atom is 0.304 e. The number of carbonyl (C=O) groups excluding carboxylic acids is 2. The van der Waals surface area contributed by atoms with Crippen molar-refractivity contribution in [2.24, 2.45) is 5.41 Å². The van der Waals surface area contributed by atoms with Crippen LogP contribution in [0.3, 0.4) is 0 Å². The van der Waals surface area contributed by atoms with E-state index in [2.05, 4.69) is 11.9 Å². The van der Waals surface area contributed by atoms with Crippen LogP contribution in [0.15, 0.2) is 12.7 Å². The zero-order valence-electron chi connectivity index (χ0n) is 8.50. The first kappa shape index (κ1) is 10.8. The summed E-state index contributed by atoms with van der Waals surface area (Å²) in [5.74, 6) is -0.442. The van der Waals surface area contributed by atoms with Gasteiger partial charge in [0.1, 0.15) is 5.41 Å². The predicted molar refractivity (Wildman–Crippen MR) is 51.2 cm³/mol. The summed E-state index contributed by atoms with van der Waals surface area (Å²) >= 11 is 0. The van der Waals surface area contributed by atoms with E-state index in [1.165, 1.54) is 6.92 Å². The Balaban J connectivity index is 2.74. The van der Waals surface area contributed by atoms with Gasteiger partial charge in [-0.2, -0.15) is 0 Å². The molecule has 1 unspecified atom stereocenters. The molecule has 1 N–H and O–H groups in total. The molecule has 1 rings (SSSR count). The smallest absolute Gasteiger partial charge is 0.304 e. The topological polar surface area (TPSA) is 55.4 Å². The Morgan fingerprint density at radius 2 is 2.43 bits per heavy atom. The number of esters is 1. The molecule has 78 valence electrons. The molecule has 4 heteroatoms. The second-order valence-corrected chi connectivity index (χ2v) is 3.47. The van der Waals surface area contributed by atoms with Crippen molar-refractivity contribution in [2.75, 3.05) is 0 Å². The van der Waals surface area contributed by atoms with Crippen molar-refractivity contribution in [3.63, 3.8) is 0 Å². The fourth-order valence-electron chi connectivity index (χ4n) is 1.70. The highest BCUT2D eigenvalue weighted by Gasteiger charge is 2.55. The van der Waals surface area contributed by atoms with Crippen molar-refractivity contribution in [1.82, 2.24) is 5.32 Å². The van der Waals surface area contributed by atoms with E-state index in [-0.39, 0.29) is 11.9 Å². The van der Waals surface area contributed by atoms with Crippen LogP contribution in [0, 0.1) is 5.41 Å². The lowest BCUT2D eigenvalue weighted by Gasteiger charge is -2.46. The van der Waals surface area contributed by atoms with Crippen LogP contribution in [0.5, 0.6) is 0 Å². The standard InChI is InChI=1S/C10H15NO3/c1-4-6-10(5-2)8(13)11-9(10)14-7(3)12/h4,9H,1,5-6H2,2-3H3,(H,11,13)/t9?,10-/m1/s1. The van der Waals surface area contributed by atoms with E-state index in [0.717, 1.165) is 0 Å². The molecule has 4 nitrogen and oxygen atoms in total. The van der Waals surface area contributed by atoms with Gasteiger partial charge in [-0.3, -0.25) is 9.59 Å². The van der Waals surface area contributed by atoms with Gasteiger partial charge in [0.2, 0.25) is 5.91 Å². The predicted octanol–water partition coefficient (Wildman–Crippen LogP) is 0.978. The molecular formula is C10H15NO3. The lowest BCUT2D eigenvalue weighted by Crippen LogP contribution is -2.68. The van der Waals surface area contributed by atoms with Crippen LogP contribution < -0.4 is 5.32 Å². The Bertz CT molecular complexity index is 275. The Kier molecular flexibility index (Phi) is 2.93. The third-order valence-corrected chi connectivity index (χ3v) is 2.64. The number of hydrogen-bond acceptors (Lipinski definition) is 3. The summed E-state index contributed by atoms with van der Waals surface area (Å²) in [5, 5.41) is 2.57. The number of hydrogen-bond donors (Lipinski definition) is 1. The number of rotatable bonds is 4. The lowest BCUT2D eigenvalue weighted by atomic mass is 9.73. The van der Waals surface area contributed by atoms with Crippen molar-refractivity contribution in [3.05, 3.63) is 12.7 Å². The monoisotopic (exact) mass is 197 g/mol. The fourth-order valence-corrected chi connectivity index (χ4v) is 1.70. The normalized spacial score (nSPS) is 30.1. The average molecular weight is 197 g/mol. The first-order valence-corrected chi connectivity index (χ1v) is 4.66. The molecule has 0 aromatic rings. The Morgan fingerprint density at radius 3 is 2.79 bits per heavy atom. The van der Waals surface area contributed by atoms with Gasteiger partial charge in [-0.25, -0.2) is 0 Å². The SMILES string of the molecule is C=CC[C@]1(CC)C(=O)NC1OC(C)=O. The van der Waals surface area contributed by atoms with Gasteiger partial charge >= 0.3 is 5.97 Å². The van der Waals surface area contributed by atoms with E-state index in [4.69, 9.17) is 4.74 Å². The zero-order chi connectivity index (χ0) is 10.8. The molecule has 1 fully saturated rings. The van der Waals surface area contributed by atoms with Crippen LogP contribution in [0.1, 0.15) is 26.7 Å². The van der Waals surface area contributed by atoms with Gasteiger partial charge in [0.15, 0.2) is 6.23 Å². The number of carbonyl (C=O) groups is 2. The molecule has 0 radical (unpaired) electrons. The Labute approximate surface area is 83.3 Å². The number of allylic oxidation sites excluding steroid dienone is 1. The summed E-state index contributed by atoms with van der Waals surface area (Å²) in [7, 11) is 0. The van der Waals surface area contributed by atoms with Crippen molar-refractivity contribution >= 4 is 11.9 Å². The highest BCUT2D eigenvalue weighted by atomic mass is 16.6. The summed E-state index contributed by atoms with van der Waals surface area (Å²) in [5.41, 5.74) is -0.590. The third-order valence-electron chi connectivity index (χ3n) is 2.64. The third kappa shape index (κ3) is 1.52. The molecule has 1 aliphatic heterocycles. The first-order chi connectivity index (χ1) is 6.56. The van der Waals surface area contributed by atoms with E-state index in [1.807, 2.05) is 6.92 Å². The highest BCUT2D eigenvalue weighted by Crippen LogP contribution is 2.39. The van der Waals surface area contributed by atoms with E-state index >= 15 is 0 Å². The molecule has 1 aliphatic rings. The molecule has 0 bridgehead atoms. The number of ether oxygens (including phenoxy) is 1. The molecule has 2 atom stereocenters. The number of β-lactam (4-membered cyclic amide) rings is 1. The summed E-state index contributed by atoms with van der Waals surface area (Å²) < 4.78 is 5.00. The minimum Gasteiger partial charge on any atom is -0.441 e. The Morgan fingerprint density at radius 1 is 1.79 bits per heavy atom. The summed E-state index contributed by atoms with van der Waals surface area (Å²) in [6, 6.07) is 0. The first-order valence-electron chi connectivity index (χ1n) is 4.66. The maximum absolute atomic E-state index is 11.4. The quantitative estimate of drug-likeness (QED) is 0.415. The van der Waals surface area contributed by atoms with Gasteiger partial charge in [-0.15, -0.1) is 6.58 Å². The van der Waals surface area contributed by atoms with Crippen molar-refractivity contribution in [1.29, 1.82) is 0 Å². The van der Waals surface area contributed by atoms with E-state index in [9.17, 15) is 9.59 Å². The molecule has 14 heavy (non-hydrogen) atoms. The summed E-state index contributed by atoms with van der Waals surface area (Å²) in [4.78, 5) is 22.2. The zero-order valence-corrected chi connectivity index (χ0v) is 8.50. The second-order valence-electron chi connectivity index (χ2n) is 3.47. The highest BCUT2D eigenvalue weighted by molar-refractivity contribution is 5.90. The van der Waals surface area contributed by atoms with E-state index in [1.54, 1.807) is 6.08 Å². The van der Waals surface area contributed by atoms with Crippen molar-refractivity contribution in [2.45, 2.75) is 32.9 Å². The Hall–Kier alpha value is -1.32. The minimum absolute atomic E-state index is 0.0637. The summed E-state index contributed by atoms with van der Waals surface area (Å²) in [6.45, 7) is 6.84. The molecule has 1 heterocycles. The minimum atomic E-state index is -0.590. The number of amides is 1. The van der Waals surface area contributed by atoms with Crippen LogP contribution >= 0.6 is 0 Å². The van der Waals surface area contributed by atoms with Gasteiger partial charge in [0.25, 0.3) is 0 Å². The van der Waals surface area contributed by atoms with E-state index in [0.29, 0.717) is 12.8 Å². The largest absolute Gasteiger partial charge is 0.441 e. The molecule has 0 spiro atoms. The van der Waals surface area contributed by atoms with Crippen molar-refractivity contribution in [3.8, 4) is 0 Å². The van der Waals surface area contributed by atoms with Crippen LogP contribution in [-0.2, 0) is 14.3 Å². The van der Waals surface area contributed by atoms with E-state index < -0.39 is 11.6 Å². The lowest BCUT2D eigenvalue weighted by molar-refractivity contribution is -0.182. The van der Waals surface area contributed by atoms with Crippen molar-refractivity contribution < 1.29 is 14.3 Å². The molecule has 1 amide bonds. The molecular weight excluding hydrogens is 182 g/mol. The van der Waals surface area contributed by atoms with Gasteiger partial charge in [-0.05, 0) is 12.8 Å². The molecule has 1 saturated heterocycles. The molecule has 0 aliphatic carbocycles. The number of nitrogens with one attached hydrogen (secondary N) is 1. The van der Waals surface area contributed by atoms with Gasteiger partial charge in [-0.1, -0.05) is 13.0 Å². The fraction of sp³-hybridized carbons (Fsp3) is 0.600. The van der Waals surface area contributed by atoms with Crippen LogP contribution in [0.25, 0.3) is 0 Å². The maximum atomic E-state index is 11.4. The van der Waals surface area contributed by atoms with Gasteiger partial charge in [0.05, 0.1) is 0 Å². The average Bonchev–Trinajstić information content (AvgIpc) is 2.12. The second kappa shape index (κ2) is 3.82. The molecule has 0 aromatic heterocycles. The molecule has 0 saturated carbocycles. The van der Waals surface area contributed by atoms with Gasteiger partial charge in [0, 0.05) is 6.92 Å². The van der Waals surface area contributed by atoms with Crippen LogP contribution in [0.4, 0.5) is 0 Å². The van der Waals surface area contributed by atoms with Crippen LogP contribution in [0.2, 0.25) is 0 Å². The summed E-state index contributed by atoms with van der Waals surface area (Å²) in [6.07, 6.45) is 2.37.